The summed E-state index contributed by atoms with van der Waals surface area (Å²) in [5.41, 5.74) is 2.66. The molecule has 0 spiro atoms. The van der Waals surface area contributed by atoms with Crippen molar-refractivity contribution in [3.8, 4) is 5.75 Å². The van der Waals surface area contributed by atoms with Crippen LogP contribution in [0.5, 0.6) is 5.75 Å². The van der Waals surface area contributed by atoms with E-state index in [4.69, 9.17) is 9.47 Å². The van der Waals surface area contributed by atoms with Crippen molar-refractivity contribution in [1.82, 2.24) is 0 Å². The Morgan fingerprint density at radius 1 is 1.03 bits per heavy atom. The van der Waals surface area contributed by atoms with E-state index in [2.05, 4.69) is 13.0 Å². The molecule has 1 aliphatic heterocycles. The number of rotatable bonds is 3. The Hall–Kier alpha value is -1.22. The van der Waals surface area contributed by atoms with Crippen molar-refractivity contribution >= 4 is 0 Å². The molecule has 0 bridgehead atoms. The Labute approximate surface area is 182 Å². The fraction of sp³-hybridized carbons (Fsp3) is 0.750. The third kappa shape index (κ3) is 3.41. The van der Waals surface area contributed by atoms with Gasteiger partial charge in [0.2, 0.25) is 6.29 Å². The van der Waals surface area contributed by atoms with Crippen molar-refractivity contribution in [2.24, 2.45) is 17.3 Å². The molecule has 0 aromatic heterocycles. The molecule has 0 amide bonds. The first-order valence-corrected chi connectivity index (χ1v) is 11.6. The largest absolute Gasteiger partial charge is 0.462 e. The third-order valence-corrected chi connectivity index (χ3v) is 8.75. The van der Waals surface area contributed by atoms with Gasteiger partial charge in [-0.1, -0.05) is 13.0 Å². The Morgan fingerprint density at radius 2 is 1.84 bits per heavy atom. The van der Waals surface area contributed by atoms with Crippen LogP contribution < -0.4 is 4.74 Å². The quantitative estimate of drug-likeness (QED) is 0.483. The fourth-order valence-corrected chi connectivity index (χ4v) is 6.90. The van der Waals surface area contributed by atoms with Gasteiger partial charge in [-0.2, -0.15) is 0 Å². The van der Waals surface area contributed by atoms with Crippen LogP contribution >= 0.6 is 0 Å². The van der Waals surface area contributed by atoms with Gasteiger partial charge in [0, 0.05) is 0 Å². The average molecular weight is 435 g/mol. The number of aryl methyl sites for hydroxylation is 1. The fourth-order valence-electron chi connectivity index (χ4n) is 6.90. The van der Waals surface area contributed by atoms with Crippen molar-refractivity contribution in [1.29, 1.82) is 0 Å². The van der Waals surface area contributed by atoms with E-state index in [1.807, 2.05) is 12.1 Å². The third-order valence-electron chi connectivity index (χ3n) is 8.75. The van der Waals surface area contributed by atoms with Crippen LogP contribution in [0.1, 0.15) is 56.1 Å². The van der Waals surface area contributed by atoms with Crippen molar-refractivity contribution in [2.75, 3.05) is 6.61 Å². The molecule has 4 aliphatic rings. The number of hydrogen-bond donors (Lipinski definition) is 5. The minimum atomic E-state index is -1.45. The molecule has 1 heterocycles. The van der Waals surface area contributed by atoms with Crippen LogP contribution in [-0.4, -0.2) is 68.9 Å². The molecule has 2 saturated carbocycles. The molecule has 172 valence electrons. The summed E-state index contributed by atoms with van der Waals surface area (Å²) in [6.07, 6.45) is -0.344. The average Bonchev–Trinajstić information content (AvgIpc) is 3.08. The lowest BCUT2D eigenvalue weighted by molar-refractivity contribution is -0.277. The number of fused-ring (bicyclic) bond motifs is 5. The summed E-state index contributed by atoms with van der Waals surface area (Å²) >= 11 is 0. The molecule has 31 heavy (non-hydrogen) atoms. The Bertz CT molecular complexity index is 813. The predicted molar refractivity (Wildman–Crippen MR) is 111 cm³/mol. The topological polar surface area (TPSA) is 120 Å². The summed E-state index contributed by atoms with van der Waals surface area (Å²) in [5.74, 6) is 2.24. The zero-order valence-electron chi connectivity index (χ0n) is 17.9. The number of ether oxygens (including phenoxy) is 2. The summed E-state index contributed by atoms with van der Waals surface area (Å²) in [7, 11) is 0. The van der Waals surface area contributed by atoms with E-state index in [0.717, 1.165) is 38.5 Å². The van der Waals surface area contributed by atoms with E-state index in [1.54, 1.807) is 0 Å². The number of aliphatic hydroxyl groups is 5. The second kappa shape index (κ2) is 7.97. The van der Waals surface area contributed by atoms with E-state index >= 15 is 0 Å². The summed E-state index contributed by atoms with van der Waals surface area (Å²) in [5, 5.41) is 50.1. The first-order valence-electron chi connectivity index (χ1n) is 11.6. The second-order valence-electron chi connectivity index (χ2n) is 10.2. The van der Waals surface area contributed by atoms with Crippen LogP contribution in [0.3, 0.4) is 0 Å². The first kappa shape index (κ1) is 21.6. The van der Waals surface area contributed by atoms with Gasteiger partial charge in [0.05, 0.1) is 12.7 Å². The Morgan fingerprint density at radius 3 is 2.61 bits per heavy atom. The molecule has 7 nitrogen and oxygen atoms in total. The molecule has 0 radical (unpaired) electrons. The van der Waals surface area contributed by atoms with Gasteiger partial charge in [-0.3, -0.25) is 0 Å². The van der Waals surface area contributed by atoms with Crippen LogP contribution in [0, 0.1) is 17.3 Å². The molecule has 5 N–H and O–H groups in total. The minimum Gasteiger partial charge on any atom is -0.462 e. The molecular formula is C24H34O7. The van der Waals surface area contributed by atoms with Gasteiger partial charge in [0.25, 0.3) is 0 Å². The number of hydrogen-bond acceptors (Lipinski definition) is 7. The van der Waals surface area contributed by atoms with Crippen molar-refractivity contribution < 1.29 is 35.0 Å². The van der Waals surface area contributed by atoms with Crippen LogP contribution in [0.2, 0.25) is 0 Å². The zero-order chi connectivity index (χ0) is 21.9. The Kier molecular flexibility index (Phi) is 5.56. The zero-order valence-corrected chi connectivity index (χ0v) is 17.9. The van der Waals surface area contributed by atoms with Crippen LogP contribution in [0.4, 0.5) is 0 Å². The minimum absolute atomic E-state index is 0.0603. The van der Waals surface area contributed by atoms with Crippen molar-refractivity contribution in [2.45, 2.75) is 88.2 Å². The monoisotopic (exact) mass is 434 g/mol. The van der Waals surface area contributed by atoms with Gasteiger partial charge in [-0.25, -0.2) is 0 Å². The van der Waals surface area contributed by atoms with E-state index < -0.39 is 37.3 Å². The molecule has 10 atom stereocenters. The SMILES string of the molecule is C[C@@]12CC[C@@H]3c4ccc(O[C@@H]5O[C@H](CO)[C@@H](O)[C@H](O)[C@H]5O)cc4CC[C@H]3[C@@H]1CC[C@@H]2O. The van der Waals surface area contributed by atoms with Gasteiger partial charge in [-0.05, 0) is 85.0 Å². The lowest BCUT2D eigenvalue weighted by atomic mass is 9.55. The molecule has 3 aliphatic carbocycles. The maximum atomic E-state index is 10.6. The van der Waals surface area contributed by atoms with Crippen LogP contribution in [0.15, 0.2) is 18.2 Å². The van der Waals surface area contributed by atoms with Gasteiger partial charge in [-0.15, -0.1) is 0 Å². The van der Waals surface area contributed by atoms with Gasteiger partial charge in [0.15, 0.2) is 0 Å². The smallest absolute Gasteiger partial charge is 0.229 e. The highest BCUT2D eigenvalue weighted by molar-refractivity contribution is 5.41. The van der Waals surface area contributed by atoms with E-state index in [9.17, 15) is 25.5 Å². The van der Waals surface area contributed by atoms with Crippen molar-refractivity contribution in [3.05, 3.63) is 29.3 Å². The van der Waals surface area contributed by atoms with Crippen molar-refractivity contribution in [3.63, 3.8) is 0 Å². The highest BCUT2D eigenvalue weighted by Crippen LogP contribution is 2.60. The molecular weight excluding hydrogens is 400 g/mol. The number of aliphatic hydroxyl groups excluding tert-OH is 5. The maximum absolute atomic E-state index is 10.6. The highest BCUT2D eigenvalue weighted by Gasteiger charge is 2.54. The summed E-state index contributed by atoms with van der Waals surface area (Å²) in [6, 6.07) is 5.98. The molecule has 1 aromatic carbocycles. The molecule has 5 rings (SSSR count). The van der Waals surface area contributed by atoms with Crippen LogP contribution in [0.25, 0.3) is 0 Å². The molecule has 1 saturated heterocycles. The molecule has 0 unspecified atom stereocenters. The Balaban J connectivity index is 1.34. The summed E-state index contributed by atoms with van der Waals surface area (Å²) in [4.78, 5) is 0. The maximum Gasteiger partial charge on any atom is 0.229 e. The van der Waals surface area contributed by atoms with E-state index in [-0.39, 0.29) is 11.5 Å². The summed E-state index contributed by atoms with van der Waals surface area (Å²) in [6.45, 7) is 1.80. The lowest BCUT2D eigenvalue weighted by Crippen LogP contribution is -2.60. The van der Waals surface area contributed by atoms with Gasteiger partial charge >= 0.3 is 0 Å². The standard InChI is InChI=1S/C24H34O7/c1-24-9-8-15-14-5-3-13(30-23-22(29)21(28)20(27)18(11-25)31-23)10-12(14)2-4-16(15)17(24)6-7-19(24)26/h3,5,10,15-23,25-29H,2,4,6-9,11H2,1H3/t15-,16-,17+,18-,19+,20-,21+,22-,23-,24-/m1/s1. The van der Waals surface area contributed by atoms with E-state index in [0.29, 0.717) is 23.5 Å². The highest BCUT2D eigenvalue weighted by atomic mass is 16.7. The lowest BCUT2D eigenvalue weighted by Gasteiger charge is -2.50. The normalized spacial score (nSPS) is 46.7. The molecule has 1 aromatic rings. The second-order valence-corrected chi connectivity index (χ2v) is 10.2. The predicted octanol–water partition coefficient (Wildman–Crippen LogP) is 1.08. The van der Waals surface area contributed by atoms with E-state index in [1.165, 1.54) is 11.1 Å². The molecule has 7 heteroatoms. The number of benzene rings is 1. The molecule has 3 fully saturated rings. The van der Waals surface area contributed by atoms with Crippen LogP contribution in [-0.2, 0) is 11.2 Å². The first-order chi connectivity index (χ1) is 14.8. The summed E-state index contributed by atoms with van der Waals surface area (Å²) < 4.78 is 11.3. The van der Waals surface area contributed by atoms with Gasteiger partial charge < -0.3 is 35.0 Å². The van der Waals surface area contributed by atoms with Gasteiger partial charge in [0.1, 0.15) is 30.2 Å².